The number of hydrogen-bond acceptors (Lipinski definition) is 5. The lowest BCUT2D eigenvalue weighted by atomic mass is 10.3. The highest BCUT2D eigenvalue weighted by molar-refractivity contribution is 5.62. The minimum absolute atomic E-state index is 0.00143. The number of alkyl halides is 3. The van der Waals surface area contributed by atoms with Crippen molar-refractivity contribution in [3.8, 4) is 11.6 Å². The summed E-state index contributed by atoms with van der Waals surface area (Å²) in [5, 5.41) is 2.87. The van der Waals surface area contributed by atoms with Crippen LogP contribution in [0.2, 0.25) is 0 Å². The quantitative estimate of drug-likeness (QED) is 0.772. The SMILES string of the molecule is CCOc1ccccc1Nc1ncc(C(F)(F)F)c(OC(C)CC)n1. The standard InChI is InChI=1S/C17H20F3N3O2/c1-4-11(3)25-15-12(17(18,19)20)10-21-16(23-15)22-13-8-6-7-9-14(13)24-5-2/h6-11H,4-5H2,1-3H3,(H,21,22,23). The molecule has 25 heavy (non-hydrogen) atoms. The summed E-state index contributed by atoms with van der Waals surface area (Å²) in [5.74, 6) is 0.0598. The number of nitrogens with zero attached hydrogens (tertiary/aromatic N) is 2. The monoisotopic (exact) mass is 355 g/mol. The average Bonchev–Trinajstić information content (AvgIpc) is 2.56. The van der Waals surface area contributed by atoms with E-state index < -0.39 is 23.7 Å². The van der Waals surface area contributed by atoms with Gasteiger partial charge in [0.05, 0.1) is 18.4 Å². The molecule has 2 aromatic rings. The Balaban J connectivity index is 2.35. The Morgan fingerprint density at radius 3 is 2.56 bits per heavy atom. The third-order valence-corrected chi connectivity index (χ3v) is 3.38. The van der Waals surface area contributed by atoms with Gasteiger partial charge in [-0.2, -0.15) is 18.2 Å². The molecule has 0 spiro atoms. The van der Waals surface area contributed by atoms with Crippen LogP contribution in [0.1, 0.15) is 32.8 Å². The molecule has 0 saturated heterocycles. The minimum atomic E-state index is -4.59. The highest BCUT2D eigenvalue weighted by Gasteiger charge is 2.36. The number of aromatic nitrogens is 2. The van der Waals surface area contributed by atoms with Crippen molar-refractivity contribution in [3.63, 3.8) is 0 Å². The molecule has 0 aliphatic carbocycles. The Labute approximate surface area is 144 Å². The maximum atomic E-state index is 13.1. The normalized spacial score (nSPS) is 12.6. The Bertz CT molecular complexity index is 708. The maximum absolute atomic E-state index is 13.1. The maximum Gasteiger partial charge on any atom is 0.423 e. The van der Waals surface area contributed by atoms with Crippen molar-refractivity contribution in [1.29, 1.82) is 0 Å². The highest BCUT2D eigenvalue weighted by atomic mass is 19.4. The van der Waals surface area contributed by atoms with Gasteiger partial charge in [-0.3, -0.25) is 0 Å². The number of anilines is 2. The third kappa shape index (κ3) is 4.98. The molecule has 0 aliphatic rings. The van der Waals surface area contributed by atoms with E-state index in [2.05, 4.69) is 15.3 Å². The molecule has 2 rings (SSSR count). The van der Waals surface area contributed by atoms with Gasteiger partial charge in [-0.05, 0) is 32.4 Å². The molecule has 1 N–H and O–H groups in total. The second kappa shape index (κ2) is 8.04. The van der Waals surface area contributed by atoms with Gasteiger partial charge in [0.15, 0.2) is 0 Å². The van der Waals surface area contributed by atoms with Crippen LogP contribution >= 0.6 is 0 Å². The number of hydrogen-bond donors (Lipinski definition) is 1. The van der Waals surface area contributed by atoms with Gasteiger partial charge in [0.2, 0.25) is 11.8 Å². The van der Waals surface area contributed by atoms with Crippen LogP contribution in [0.25, 0.3) is 0 Å². The topological polar surface area (TPSA) is 56.3 Å². The van der Waals surface area contributed by atoms with Gasteiger partial charge in [-0.15, -0.1) is 0 Å². The summed E-state index contributed by atoms with van der Waals surface area (Å²) in [4.78, 5) is 7.66. The fraction of sp³-hybridized carbons (Fsp3) is 0.412. The van der Waals surface area contributed by atoms with Crippen LogP contribution in [0.3, 0.4) is 0 Å². The van der Waals surface area contributed by atoms with Crippen LogP contribution in [0.15, 0.2) is 30.5 Å². The second-order valence-corrected chi connectivity index (χ2v) is 5.30. The Morgan fingerprint density at radius 1 is 1.20 bits per heavy atom. The summed E-state index contributed by atoms with van der Waals surface area (Å²) >= 11 is 0. The van der Waals surface area contributed by atoms with E-state index in [0.29, 0.717) is 24.5 Å². The van der Waals surface area contributed by atoms with Gasteiger partial charge in [0.1, 0.15) is 11.3 Å². The Kier molecular flexibility index (Phi) is 6.06. The zero-order valence-electron chi connectivity index (χ0n) is 14.2. The van der Waals surface area contributed by atoms with E-state index in [1.807, 2.05) is 13.8 Å². The largest absolute Gasteiger partial charge is 0.492 e. The smallest absolute Gasteiger partial charge is 0.423 e. The first kappa shape index (κ1) is 18.8. The molecule has 136 valence electrons. The molecule has 0 saturated carbocycles. The molecular weight excluding hydrogens is 335 g/mol. The predicted octanol–water partition coefficient (Wildman–Crippen LogP) is 4.82. The van der Waals surface area contributed by atoms with E-state index in [4.69, 9.17) is 9.47 Å². The average molecular weight is 355 g/mol. The zero-order valence-corrected chi connectivity index (χ0v) is 14.2. The molecule has 5 nitrogen and oxygen atoms in total. The first-order chi connectivity index (χ1) is 11.8. The van der Waals surface area contributed by atoms with Gasteiger partial charge in [-0.25, -0.2) is 4.98 Å². The number of benzene rings is 1. The fourth-order valence-electron chi connectivity index (χ4n) is 1.96. The summed E-state index contributed by atoms with van der Waals surface area (Å²) in [7, 11) is 0. The van der Waals surface area contributed by atoms with Crippen molar-refractivity contribution in [2.45, 2.75) is 39.5 Å². The van der Waals surface area contributed by atoms with Crippen molar-refractivity contribution in [1.82, 2.24) is 9.97 Å². The molecule has 1 atom stereocenters. The molecular formula is C17H20F3N3O2. The number of rotatable bonds is 7. The van der Waals surface area contributed by atoms with Gasteiger partial charge in [-0.1, -0.05) is 19.1 Å². The van der Waals surface area contributed by atoms with E-state index >= 15 is 0 Å². The van der Waals surface area contributed by atoms with Crippen molar-refractivity contribution in [2.75, 3.05) is 11.9 Å². The van der Waals surface area contributed by atoms with Crippen molar-refractivity contribution in [3.05, 3.63) is 36.0 Å². The van der Waals surface area contributed by atoms with Crippen LogP contribution in [0.5, 0.6) is 11.6 Å². The lowest BCUT2D eigenvalue weighted by Crippen LogP contribution is -2.17. The lowest BCUT2D eigenvalue weighted by Gasteiger charge is -2.17. The Hall–Kier alpha value is -2.51. The second-order valence-electron chi connectivity index (χ2n) is 5.30. The molecule has 1 heterocycles. The van der Waals surface area contributed by atoms with Crippen LogP contribution in [0.4, 0.5) is 24.8 Å². The lowest BCUT2D eigenvalue weighted by molar-refractivity contribution is -0.139. The molecule has 1 aromatic heterocycles. The number of halogens is 3. The molecule has 0 amide bonds. The van der Waals surface area contributed by atoms with Crippen molar-refractivity contribution in [2.24, 2.45) is 0 Å². The highest BCUT2D eigenvalue weighted by Crippen LogP contribution is 2.36. The van der Waals surface area contributed by atoms with Crippen LogP contribution in [-0.4, -0.2) is 22.7 Å². The van der Waals surface area contributed by atoms with E-state index in [1.165, 1.54) is 0 Å². The Morgan fingerprint density at radius 2 is 1.92 bits per heavy atom. The molecule has 0 fully saturated rings. The number of nitrogens with one attached hydrogen (secondary N) is 1. The van der Waals surface area contributed by atoms with Gasteiger partial charge < -0.3 is 14.8 Å². The van der Waals surface area contributed by atoms with Gasteiger partial charge >= 0.3 is 6.18 Å². The molecule has 0 aliphatic heterocycles. The third-order valence-electron chi connectivity index (χ3n) is 3.38. The van der Waals surface area contributed by atoms with Crippen LogP contribution < -0.4 is 14.8 Å². The molecule has 0 bridgehead atoms. The first-order valence-electron chi connectivity index (χ1n) is 7.94. The summed E-state index contributed by atoms with van der Waals surface area (Å²) in [6, 6.07) is 7.03. The van der Waals surface area contributed by atoms with Gasteiger partial charge in [0, 0.05) is 6.20 Å². The molecule has 1 unspecified atom stereocenters. The van der Waals surface area contributed by atoms with E-state index in [-0.39, 0.29) is 5.95 Å². The van der Waals surface area contributed by atoms with Crippen molar-refractivity contribution < 1.29 is 22.6 Å². The summed E-state index contributed by atoms with van der Waals surface area (Å²) in [5.41, 5.74) is -0.449. The van der Waals surface area contributed by atoms with Crippen LogP contribution in [-0.2, 0) is 6.18 Å². The number of para-hydroxylation sites is 2. The van der Waals surface area contributed by atoms with E-state index in [9.17, 15) is 13.2 Å². The summed E-state index contributed by atoms with van der Waals surface area (Å²) in [6.07, 6.45) is -3.72. The van der Waals surface area contributed by atoms with Gasteiger partial charge in [0.25, 0.3) is 0 Å². The van der Waals surface area contributed by atoms with Crippen LogP contribution in [0, 0.1) is 0 Å². The molecule has 0 radical (unpaired) electrons. The van der Waals surface area contributed by atoms with Crippen molar-refractivity contribution >= 4 is 11.6 Å². The number of ether oxygens (including phenoxy) is 2. The first-order valence-corrected chi connectivity index (χ1v) is 7.94. The molecule has 1 aromatic carbocycles. The fourth-order valence-corrected chi connectivity index (χ4v) is 1.96. The minimum Gasteiger partial charge on any atom is -0.492 e. The summed E-state index contributed by atoms with van der Waals surface area (Å²) in [6.45, 7) is 5.79. The zero-order chi connectivity index (χ0) is 18.4. The van der Waals surface area contributed by atoms with E-state index in [1.54, 1.807) is 31.2 Å². The summed E-state index contributed by atoms with van der Waals surface area (Å²) < 4.78 is 50.2. The molecule has 8 heteroatoms. The predicted molar refractivity (Wildman–Crippen MR) is 88.3 cm³/mol. The van der Waals surface area contributed by atoms with E-state index in [0.717, 1.165) is 6.20 Å².